The molecule has 6 N–H and O–H groups in total. The molecule has 0 bridgehead atoms. The number of halogens is 1. The van der Waals surface area contributed by atoms with E-state index >= 15 is 0 Å². The topological polar surface area (TPSA) is 158 Å². The van der Waals surface area contributed by atoms with Crippen LogP contribution in [0.4, 0.5) is 22.0 Å². The Morgan fingerprint density at radius 1 is 1.35 bits per heavy atom. The molecule has 4 aromatic heterocycles. The van der Waals surface area contributed by atoms with Crippen LogP contribution in [-0.4, -0.2) is 47.9 Å². The van der Waals surface area contributed by atoms with Gasteiger partial charge in [0.05, 0.1) is 11.0 Å². The van der Waals surface area contributed by atoms with E-state index in [2.05, 4.69) is 30.5 Å². The Morgan fingerprint density at radius 2 is 2.13 bits per heavy atom. The first kappa shape index (κ1) is 20.3. The first-order valence-electron chi connectivity index (χ1n) is 9.60. The predicted molar refractivity (Wildman–Crippen MR) is 113 cm³/mol. The number of nitrogens with two attached hydrogens (primary N) is 1. The molecule has 0 unspecified atom stereocenters. The van der Waals surface area contributed by atoms with Crippen LogP contribution in [0.25, 0.3) is 11.0 Å². The fourth-order valence-electron chi connectivity index (χ4n) is 3.37. The van der Waals surface area contributed by atoms with Crippen LogP contribution in [0.2, 0.25) is 0 Å². The Labute approximate surface area is 176 Å². The van der Waals surface area contributed by atoms with Gasteiger partial charge in [0, 0.05) is 47.2 Å². The molecule has 10 nitrogen and oxygen atoms in total. The van der Waals surface area contributed by atoms with Crippen molar-refractivity contribution in [1.29, 1.82) is 0 Å². The van der Waals surface area contributed by atoms with E-state index in [-0.39, 0.29) is 24.3 Å². The monoisotopic (exact) mass is 424 g/mol. The van der Waals surface area contributed by atoms with Crippen molar-refractivity contribution in [2.45, 2.75) is 31.4 Å². The predicted octanol–water partition coefficient (Wildman–Crippen LogP) is 3.08. The Hall–Kier alpha value is -4.02. The fraction of sp³-hybridized carbons (Fsp3) is 0.250. The molecule has 1 fully saturated rings. The molecule has 0 saturated heterocycles. The van der Waals surface area contributed by atoms with Gasteiger partial charge < -0.3 is 21.1 Å². The van der Waals surface area contributed by atoms with Crippen molar-refractivity contribution in [2.24, 2.45) is 0 Å². The molecule has 4 aromatic rings. The van der Waals surface area contributed by atoms with Gasteiger partial charge in [-0.2, -0.15) is 10.1 Å². The van der Waals surface area contributed by atoms with Crippen LogP contribution in [-0.2, 0) is 4.79 Å². The number of aromatic amines is 2. The summed E-state index contributed by atoms with van der Waals surface area (Å²) in [5.41, 5.74) is 10.2. The maximum atomic E-state index is 13.3. The van der Waals surface area contributed by atoms with Crippen molar-refractivity contribution in [3.63, 3.8) is 0 Å². The Morgan fingerprint density at radius 3 is 2.87 bits per heavy atom. The summed E-state index contributed by atoms with van der Waals surface area (Å²) in [6.45, 7) is 1.79. The number of hydrogen-bond donors (Lipinski definition) is 5. The molecule has 160 valence electrons. The molecule has 1 saturated carbocycles. The Kier molecular flexibility index (Phi) is 5.48. The van der Waals surface area contributed by atoms with E-state index in [9.17, 15) is 4.39 Å². The lowest BCUT2D eigenvalue weighted by molar-refractivity contribution is -0.122. The number of anilines is 3. The van der Waals surface area contributed by atoms with Gasteiger partial charge in [0.15, 0.2) is 5.82 Å². The van der Waals surface area contributed by atoms with Crippen molar-refractivity contribution in [3.8, 4) is 0 Å². The van der Waals surface area contributed by atoms with Gasteiger partial charge in [-0.25, -0.2) is 9.37 Å². The summed E-state index contributed by atoms with van der Waals surface area (Å²) < 4.78 is 13.3. The molecule has 3 atom stereocenters. The molecular weight excluding hydrogens is 403 g/mol. The van der Waals surface area contributed by atoms with Gasteiger partial charge in [0.1, 0.15) is 12.0 Å². The first-order chi connectivity index (χ1) is 15.0. The van der Waals surface area contributed by atoms with Crippen molar-refractivity contribution >= 4 is 35.1 Å². The largest absolute Gasteiger partial charge is 0.483 e. The lowest BCUT2D eigenvalue weighted by Gasteiger charge is -2.15. The zero-order chi connectivity index (χ0) is 22.0. The normalized spacial score (nSPS) is 18.1. The van der Waals surface area contributed by atoms with Crippen LogP contribution in [0.3, 0.4) is 0 Å². The third-order valence-corrected chi connectivity index (χ3v) is 5.13. The maximum absolute atomic E-state index is 13.3. The van der Waals surface area contributed by atoms with Crippen LogP contribution in [0.15, 0.2) is 36.7 Å². The van der Waals surface area contributed by atoms with Crippen LogP contribution in [0.5, 0.6) is 0 Å². The lowest BCUT2D eigenvalue weighted by atomic mass is 9.98. The molecular formula is C20H21FN8O2. The number of nitrogens with one attached hydrogen (secondary N) is 3. The van der Waals surface area contributed by atoms with Crippen molar-refractivity contribution in [3.05, 3.63) is 53.6 Å². The second-order valence-corrected chi connectivity index (χ2v) is 7.20. The number of fused-ring (bicyclic) bond motifs is 1. The van der Waals surface area contributed by atoms with E-state index < -0.39 is 6.17 Å². The number of carboxylic acid groups (broad SMARTS) is 1. The number of carbonyl (C=O) groups is 1. The van der Waals surface area contributed by atoms with E-state index in [1.807, 2.05) is 31.3 Å². The van der Waals surface area contributed by atoms with Gasteiger partial charge >= 0.3 is 0 Å². The number of rotatable bonds is 5. The lowest BCUT2D eigenvalue weighted by Crippen LogP contribution is -2.08. The van der Waals surface area contributed by atoms with E-state index in [0.29, 0.717) is 18.1 Å². The summed E-state index contributed by atoms with van der Waals surface area (Å²) in [5, 5.41) is 17.2. The van der Waals surface area contributed by atoms with E-state index in [4.69, 9.17) is 20.6 Å². The Balaban J connectivity index is 0.000000730. The summed E-state index contributed by atoms with van der Waals surface area (Å²) in [4.78, 5) is 24.7. The number of pyridine rings is 1. The average molecular weight is 424 g/mol. The average Bonchev–Trinajstić information content (AvgIpc) is 3.13. The highest BCUT2D eigenvalue weighted by Crippen LogP contribution is 2.43. The summed E-state index contributed by atoms with van der Waals surface area (Å²) in [6.07, 6.45) is 3.32. The van der Waals surface area contributed by atoms with Crippen LogP contribution in [0.1, 0.15) is 42.1 Å². The highest BCUT2D eigenvalue weighted by molar-refractivity contribution is 5.75. The van der Waals surface area contributed by atoms with Gasteiger partial charge in [0.25, 0.3) is 6.47 Å². The van der Waals surface area contributed by atoms with E-state index in [1.54, 1.807) is 12.3 Å². The molecule has 5 rings (SSSR count). The molecule has 1 aliphatic rings. The number of nitrogen functional groups attached to an aromatic ring is 1. The minimum absolute atomic E-state index is 0.0699. The smallest absolute Gasteiger partial charge is 0.290 e. The molecule has 31 heavy (non-hydrogen) atoms. The van der Waals surface area contributed by atoms with Crippen molar-refractivity contribution < 1.29 is 14.3 Å². The van der Waals surface area contributed by atoms with Gasteiger partial charge in [-0.05, 0) is 24.6 Å². The summed E-state index contributed by atoms with van der Waals surface area (Å²) >= 11 is 0. The number of alkyl halides is 1. The number of aromatic nitrogens is 6. The summed E-state index contributed by atoms with van der Waals surface area (Å²) in [7, 11) is 0. The first-order valence-corrected chi connectivity index (χ1v) is 9.60. The van der Waals surface area contributed by atoms with Crippen molar-refractivity contribution in [1.82, 2.24) is 30.1 Å². The minimum atomic E-state index is -0.784. The molecule has 1 aliphatic carbocycles. The van der Waals surface area contributed by atoms with Gasteiger partial charge in [-0.3, -0.25) is 14.9 Å². The molecule has 0 aromatic carbocycles. The zero-order valence-electron chi connectivity index (χ0n) is 16.6. The SMILES string of the molecule is C[C@H](c1ccc2[nH]ccc2n1)c1cnc(N)nc1Nc1cc([C@@H]2C[C@@H]2F)[nH]n1.O=CO. The molecule has 0 spiro atoms. The molecule has 0 radical (unpaired) electrons. The standard InChI is InChI=1S/C19H19FN8.CH2O2/c1-9(13-2-3-14-15(24-13)4-5-22-14)11-8-23-19(21)26-18(11)25-17-7-16(27-28-17)10-6-12(10)20;2-1-3/h2-5,7-10,12,22H,6H2,1H3,(H4,21,23,25,26,27,28);1H,(H,2,3)/t9-,10+,12-;/m0./s1. The quantitative estimate of drug-likeness (QED) is 0.306. The van der Waals surface area contributed by atoms with Crippen LogP contribution >= 0.6 is 0 Å². The van der Waals surface area contributed by atoms with Gasteiger partial charge in [-0.1, -0.05) is 6.92 Å². The third kappa shape index (κ3) is 4.29. The van der Waals surface area contributed by atoms with Crippen LogP contribution < -0.4 is 11.1 Å². The molecule has 4 heterocycles. The van der Waals surface area contributed by atoms with Crippen molar-refractivity contribution in [2.75, 3.05) is 11.1 Å². The maximum Gasteiger partial charge on any atom is 0.290 e. The van der Waals surface area contributed by atoms with Crippen LogP contribution in [0, 0.1) is 0 Å². The minimum Gasteiger partial charge on any atom is -0.483 e. The number of hydrogen-bond acceptors (Lipinski definition) is 7. The van der Waals surface area contributed by atoms with Gasteiger partial charge in [-0.15, -0.1) is 0 Å². The number of H-pyrrole nitrogens is 2. The molecule has 0 aliphatic heterocycles. The summed E-state index contributed by atoms with van der Waals surface area (Å²) in [6, 6.07) is 7.72. The second kappa shape index (κ2) is 8.38. The third-order valence-electron chi connectivity index (χ3n) is 5.13. The van der Waals surface area contributed by atoms with E-state index in [0.717, 1.165) is 28.0 Å². The highest BCUT2D eigenvalue weighted by Gasteiger charge is 2.40. The van der Waals surface area contributed by atoms with Gasteiger partial charge in [0.2, 0.25) is 5.95 Å². The highest BCUT2D eigenvalue weighted by atomic mass is 19.1. The molecule has 0 amide bonds. The Bertz CT molecular complexity index is 1210. The van der Waals surface area contributed by atoms with E-state index in [1.165, 1.54) is 0 Å². The zero-order valence-corrected chi connectivity index (χ0v) is 16.6. The second-order valence-electron chi connectivity index (χ2n) is 7.20. The summed E-state index contributed by atoms with van der Waals surface area (Å²) in [5.74, 6) is 1.12. The molecule has 11 heteroatoms. The fourth-order valence-corrected chi connectivity index (χ4v) is 3.37. The number of nitrogens with zero attached hydrogens (tertiary/aromatic N) is 4.